The molecule has 0 radical (unpaired) electrons. The average Bonchev–Trinajstić information content (AvgIpc) is 3.07. The third kappa shape index (κ3) is 3.64. The van der Waals surface area contributed by atoms with Gasteiger partial charge in [-0.15, -0.1) is 11.8 Å². The summed E-state index contributed by atoms with van der Waals surface area (Å²) in [5, 5.41) is 0.0746. The number of hydrogen-bond donors (Lipinski definition) is 0. The molecule has 0 spiro atoms. The number of carbonyl (C=O) groups is 2. The van der Waals surface area contributed by atoms with Gasteiger partial charge in [0.05, 0.1) is 12.5 Å². The van der Waals surface area contributed by atoms with Gasteiger partial charge in [0.1, 0.15) is 6.04 Å². The summed E-state index contributed by atoms with van der Waals surface area (Å²) in [5.74, 6) is 0.707. The minimum atomic E-state index is -0.483. The van der Waals surface area contributed by atoms with Crippen LogP contribution in [-0.2, 0) is 9.53 Å². The molecule has 2 atom stereocenters. The van der Waals surface area contributed by atoms with E-state index in [2.05, 4.69) is 15.9 Å². The van der Waals surface area contributed by atoms with Crippen molar-refractivity contribution in [3.63, 3.8) is 0 Å². The van der Waals surface area contributed by atoms with Crippen molar-refractivity contribution in [3.8, 4) is 0 Å². The molecule has 1 aromatic carbocycles. The van der Waals surface area contributed by atoms with Crippen molar-refractivity contribution in [1.82, 2.24) is 4.90 Å². The van der Waals surface area contributed by atoms with E-state index in [1.807, 2.05) is 24.3 Å². The minimum Gasteiger partial charge on any atom is -0.467 e. The highest BCUT2D eigenvalue weighted by Gasteiger charge is 2.45. The van der Waals surface area contributed by atoms with Crippen LogP contribution >= 0.6 is 27.7 Å². The zero-order chi connectivity index (χ0) is 17.1. The number of nitrogens with zero attached hydrogens (tertiary/aromatic N) is 1. The highest BCUT2D eigenvalue weighted by Crippen LogP contribution is 2.41. The van der Waals surface area contributed by atoms with Crippen LogP contribution in [0, 0.1) is 5.92 Å². The first-order chi connectivity index (χ1) is 11.6. The first-order valence-corrected chi connectivity index (χ1v) is 10.2. The van der Waals surface area contributed by atoms with Gasteiger partial charge in [0.25, 0.3) is 5.91 Å². The molecule has 24 heavy (non-hydrogen) atoms. The number of rotatable bonds is 3. The molecule has 0 bridgehead atoms. The molecule has 0 aromatic heterocycles. The lowest BCUT2D eigenvalue weighted by Crippen LogP contribution is -2.48. The lowest BCUT2D eigenvalue weighted by molar-refractivity contribution is -0.145. The van der Waals surface area contributed by atoms with Crippen LogP contribution in [0.5, 0.6) is 0 Å². The van der Waals surface area contributed by atoms with E-state index in [0.29, 0.717) is 17.2 Å². The van der Waals surface area contributed by atoms with Crippen LogP contribution in [0.15, 0.2) is 28.7 Å². The number of methoxy groups -OCH3 is 1. The topological polar surface area (TPSA) is 46.6 Å². The summed E-state index contributed by atoms with van der Waals surface area (Å²) in [6.45, 7) is 0. The lowest BCUT2D eigenvalue weighted by Gasteiger charge is -2.35. The fourth-order valence-corrected chi connectivity index (χ4v) is 5.51. The van der Waals surface area contributed by atoms with E-state index in [1.54, 1.807) is 16.7 Å². The first kappa shape index (κ1) is 17.8. The Balaban J connectivity index is 1.87. The first-order valence-electron chi connectivity index (χ1n) is 8.39. The second-order valence-corrected chi connectivity index (χ2v) is 8.45. The van der Waals surface area contributed by atoms with Crippen LogP contribution in [0.2, 0.25) is 0 Å². The van der Waals surface area contributed by atoms with E-state index in [0.717, 1.165) is 17.3 Å². The summed E-state index contributed by atoms with van der Waals surface area (Å²) in [4.78, 5) is 27.1. The molecule has 130 valence electrons. The number of hydrogen-bond acceptors (Lipinski definition) is 4. The van der Waals surface area contributed by atoms with Gasteiger partial charge in [-0.2, -0.15) is 0 Å². The van der Waals surface area contributed by atoms with Gasteiger partial charge in [-0.3, -0.25) is 4.79 Å². The molecule has 0 N–H and O–H groups in total. The maximum absolute atomic E-state index is 13.1. The molecular formula is C18H22BrNO3S. The number of esters is 1. The predicted molar refractivity (Wildman–Crippen MR) is 98.9 cm³/mol. The Bertz CT molecular complexity index is 601. The molecule has 1 saturated heterocycles. The van der Waals surface area contributed by atoms with Gasteiger partial charge in [0.15, 0.2) is 0 Å². The van der Waals surface area contributed by atoms with Crippen LogP contribution in [0.25, 0.3) is 0 Å². The maximum atomic E-state index is 13.1. The number of halogens is 1. The van der Waals surface area contributed by atoms with E-state index >= 15 is 0 Å². The van der Waals surface area contributed by atoms with Crippen LogP contribution in [0.1, 0.15) is 42.5 Å². The highest BCUT2D eigenvalue weighted by molar-refractivity contribution is 9.10. The van der Waals surface area contributed by atoms with Crippen molar-refractivity contribution in [2.24, 2.45) is 5.92 Å². The Morgan fingerprint density at radius 2 is 1.83 bits per heavy atom. The third-order valence-corrected chi connectivity index (χ3v) is 6.88. The fraction of sp³-hybridized carbons (Fsp3) is 0.556. The zero-order valence-electron chi connectivity index (χ0n) is 13.7. The van der Waals surface area contributed by atoms with Crippen LogP contribution in [0.3, 0.4) is 0 Å². The molecular weight excluding hydrogens is 390 g/mol. The molecule has 2 aliphatic rings. The summed E-state index contributed by atoms with van der Waals surface area (Å²) < 4.78 is 5.89. The van der Waals surface area contributed by atoms with Gasteiger partial charge in [0.2, 0.25) is 0 Å². The maximum Gasteiger partial charge on any atom is 0.329 e. The molecule has 4 nitrogen and oxygen atoms in total. The number of benzene rings is 1. The van der Waals surface area contributed by atoms with Crippen molar-refractivity contribution < 1.29 is 14.3 Å². The number of carbonyl (C=O) groups excluding carboxylic acids is 2. The minimum absolute atomic E-state index is 0.0709. The second-order valence-electron chi connectivity index (χ2n) is 6.38. The zero-order valence-corrected chi connectivity index (χ0v) is 16.1. The Morgan fingerprint density at radius 3 is 2.46 bits per heavy atom. The van der Waals surface area contributed by atoms with Crippen LogP contribution in [-0.4, -0.2) is 41.1 Å². The molecule has 2 unspecified atom stereocenters. The molecule has 1 aliphatic heterocycles. The molecule has 1 amide bonds. The second kappa shape index (κ2) is 7.91. The summed E-state index contributed by atoms with van der Waals surface area (Å²) in [7, 11) is 1.39. The Labute approximate surface area is 155 Å². The Hall–Kier alpha value is -1.01. The normalized spacial score (nSPS) is 24.8. The van der Waals surface area contributed by atoms with Gasteiger partial charge in [-0.25, -0.2) is 4.79 Å². The number of amides is 1. The van der Waals surface area contributed by atoms with E-state index in [1.165, 1.54) is 26.4 Å². The van der Waals surface area contributed by atoms with E-state index in [-0.39, 0.29) is 17.3 Å². The van der Waals surface area contributed by atoms with Crippen LogP contribution in [0.4, 0.5) is 0 Å². The van der Waals surface area contributed by atoms with Crippen molar-refractivity contribution >= 4 is 39.6 Å². The molecule has 1 aliphatic carbocycles. The van der Waals surface area contributed by atoms with Gasteiger partial charge >= 0.3 is 5.97 Å². The molecule has 3 rings (SSSR count). The summed E-state index contributed by atoms with van der Waals surface area (Å²) in [6, 6.07) is 6.85. The standard InChI is InChI=1S/C18H22BrNO3S/c1-23-18(22)15-11-24-17(13-5-3-2-4-6-13)20(15)16(21)12-7-9-14(19)10-8-12/h7-10,13,15,17H,2-6,11H2,1H3. The average molecular weight is 412 g/mol. The van der Waals surface area contributed by atoms with Gasteiger partial charge in [-0.1, -0.05) is 35.2 Å². The van der Waals surface area contributed by atoms with Crippen molar-refractivity contribution in [2.75, 3.05) is 12.9 Å². The summed E-state index contributed by atoms with van der Waals surface area (Å²) >= 11 is 5.13. The van der Waals surface area contributed by atoms with Gasteiger partial charge in [-0.05, 0) is 43.0 Å². The number of ether oxygens (including phenoxy) is 1. The lowest BCUT2D eigenvalue weighted by atomic mass is 9.88. The van der Waals surface area contributed by atoms with Crippen LogP contribution < -0.4 is 0 Å². The van der Waals surface area contributed by atoms with Crippen molar-refractivity contribution in [2.45, 2.75) is 43.5 Å². The molecule has 1 heterocycles. The Kier molecular flexibility index (Phi) is 5.87. The highest BCUT2D eigenvalue weighted by atomic mass is 79.9. The summed E-state index contributed by atoms with van der Waals surface area (Å²) in [6.07, 6.45) is 5.97. The van der Waals surface area contributed by atoms with Crippen molar-refractivity contribution in [3.05, 3.63) is 34.3 Å². The Morgan fingerprint density at radius 1 is 1.17 bits per heavy atom. The summed E-state index contributed by atoms with van der Waals surface area (Å²) in [5.41, 5.74) is 0.621. The smallest absolute Gasteiger partial charge is 0.329 e. The number of thioether (sulfide) groups is 1. The molecule has 1 saturated carbocycles. The van der Waals surface area contributed by atoms with E-state index in [4.69, 9.17) is 4.74 Å². The molecule has 1 aromatic rings. The van der Waals surface area contributed by atoms with Gasteiger partial charge < -0.3 is 9.64 Å². The largest absolute Gasteiger partial charge is 0.467 e. The molecule has 6 heteroatoms. The SMILES string of the molecule is COC(=O)C1CSC(C2CCCCC2)N1C(=O)c1ccc(Br)cc1. The monoisotopic (exact) mass is 411 g/mol. The van der Waals surface area contributed by atoms with Crippen molar-refractivity contribution in [1.29, 1.82) is 0 Å². The predicted octanol–water partition coefficient (Wildman–Crippen LogP) is 4.09. The quantitative estimate of drug-likeness (QED) is 0.702. The fourth-order valence-electron chi connectivity index (χ4n) is 3.63. The van der Waals surface area contributed by atoms with E-state index in [9.17, 15) is 9.59 Å². The third-order valence-electron chi connectivity index (χ3n) is 4.89. The molecule has 2 fully saturated rings. The van der Waals surface area contributed by atoms with Gasteiger partial charge in [0, 0.05) is 15.8 Å². The van der Waals surface area contributed by atoms with E-state index < -0.39 is 6.04 Å².